The van der Waals surface area contributed by atoms with Gasteiger partial charge in [-0.15, -0.1) is 0 Å². The molecular formula is C16H22FNO2. The lowest BCUT2D eigenvalue weighted by atomic mass is 9.93. The van der Waals surface area contributed by atoms with Gasteiger partial charge < -0.3 is 10.4 Å². The molecule has 20 heavy (non-hydrogen) atoms. The fourth-order valence-corrected chi connectivity index (χ4v) is 1.88. The molecule has 0 fully saturated rings. The van der Waals surface area contributed by atoms with Gasteiger partial charge in [-0.25, -0.2) is 4.39 Å². The van der Waals surface area contributed by atoms with Gasteiger partial charge in [-0.05, 0) is 48.6 Å². The predicted octanol–water partition coefficient (Wildman–Crippen LogP) is 2.67. The van der Waals surface area contributed by atoms with E-state index in [4.69, 9.17) is 5.11 Å². The van der Waals surface area contributed by atoms with Gasteiger partial charge >= 0.3 is 0 Å². The van der Waals surface area contributed by atoms with E-state index in [-0.39, 0.29) is 30.3 Å². The number of hydrogen-bond donors (Lipinski definition) is 2. The number of nitrogens with one attached hydrogen (secondary N) is 1. The molecule has 1 amide bonds. The molecular weight excluding hydrogens is 257 g/mol. The highest BCUT2D eigenvalue weighted by atomic mass is 19.1. The van der Waals surface area contributed by atoms with Crippen molar-refractivity contribution in [1.29, 1.82) is 0 Å². The highest BCUT2D eigenvalue weighted by molar-refractivity contribution is 5.95. The molecule has 1 rings (SSSR count). The zero-order chi connectivity index (χ0) is 15.3. The Kier molecular flexibility index (Phi) is 5.89. The second kappa shape index (κ2) is 7.20. The molecule has 0 aliphatic heterocycles. The molecule has 0 bridgehead atoms. The molecule has 4 heteroatoms. The third-order valence-corrected chi connectivity index (χ3v) is 3.06. The van der Waals surface area contributed by atoms with Crippen LogP contribution in [0.15, 0.2) is 24.3 Å². The van der Waals surface area contributed by atoms with Crippen LogP contribution in [-0.4, -0.2) is 23.7 Å². The SMILES string of the molecule is Cc1cc(/C(=C/C(=O)NC(C)CO)C(C)C)ccc1F. The molecule has 0 aliphatic rings. The third-order valence-electron chi connectivity index (χ3n) is 3.06. The Morgan fingerprint density at radius 2 is 2.05 bits per heavy atom. The lowest BCUT2D eigenvalue weighted by Crippen LogP contribution is -2.34. The summed E-state index contributed by atoms with van der Waals surface area (Å²) in [6, 6.07) is 4.54. The fourth-order valence-electron chi connectivity index (χ4n) is 1.88. The van der Waals surface area contributed by atoms with Crippen LogP contribution in [0.1, 0.15) is 31.9 Å². The van der Waals surface area contributed by atoms with Crippen molar-refractivity contribution in [3.05, 3.63) is 41.2 Å². The summed E-state index contributed by atoms with van der Waals surface area (Å²) in [6.45, 7) is 7.28. The van der Waals surface area contributed by atoms with Gasteiger partial charge in [0.15, 0.2) is 0 Å². The van der Waals surface area contributed by atoms with Gasteiger partial charge in [-0.2, -0.15) is 0 Å². The Balaban J connectivity index is 3.04. The summed E-state index contributed by atoms with van der Waals surface area (Å²) in [6.07, 6.45) is 1.52. The zero-order valence-electron chi connectivity index (χ0n) is 12.4. The number of allylic oxidation sites excluding steroid dienone is 1. The molecule has 3 nitrogen and oxygen atoms in total. The van der Waals surface area contributed by atoms with Crippen molar-refractivity contribution in [2.24, 2.45) is 5.92 Å². The molecule has 1 atom stereocenters. The van der Waals surface area contributed by atoms with E-state index < -0.39 is 0 Å². The highest BCUT2D eigenvalue weighted by Gasteiger charge is 2.11. The molecule has 0 aromatic heterocycles. The maximum atomic E-state index is 13.3. The molecule has 0 saturated carbocycles. The predicted molar refractivity (Wildman–Crippen MR) is 78.6 cm³/mol. The first-order chi connectivity index (χ1) is 9.35. The summed E-state index contributed by atoms with van der Waals surface area (Å²) < 4.78 is 13.3. The van der Waals surface area contributed by atoms with E-state index in [1.807, 2.05) is 13.8 Å². The number of benzene rings is 1. The molecule has 0 aliphatic carbocycles. The molecule has 2 N–H and O–H groups in total. The summed E-state index contributed by atoms with van der Waals surface area (Å²) in [7, 11) is 0. The number of aryl methyl sites for hydroxylation is 1. The summed E-state index contributed by atoms with van der Waals surface area (Å²) in [5, 5.41) is 11.6. The third kappa shape index (κ3) is 4.46. The minimum Gasteiger partial charge on any atom is -0.394 e. The summed E-state index contributed by atoms with van der Waals surface area (Å²) in [4.78, 5) is 11.9. The van der Waals surface area contributed by atoms with Crippen LogP contribution in [-0.2, 0) is 4.79 Å². The van der Waals surface area contributed by atoms with Crippen LogP contribution in [0, 0.1) is 18.7 Å². The molecule has 0 spiro atoms. The lowest BCUT2D eigenvalue weighted by Gasteiger charge is -2.14. The van der Waals surface area contributed by atoms with Crippen LogP contribution in [0.5, 0.6) is 0 Å². The number of aliphatic hydroxyl groups excluding tert-OH is 1. The van der Waals surface area contributed by atoms with Crippen LogP contribution < -0.4 is 5.32 Å². The second-order valence-corrected chi connectivity index (χ2v) is 5.31. The van der Waals surface area contributed by atoms with Crippen LogP contribution >= 0.6 is 0 Å². The van der Waals surface area contributed by atoms with Gasteiger partial charge in [0, 0.05) is 12.1 Å². The molecule has 1 unspecified atom stereocenters. The normalized spacial score (nSPS) is 13.4. The van der Waals surface area contributed by atoms with Gasteiger partial charge in [0.2, 0.25) is 5.91 Å². The summed E-state index contributed by atoms with van der Waals surface area (Å²) in [5.74, 6) is -0.373. The topological polar surface area (TPSA) is 49.3 Å². The standard InChI is InChI=1S/C16H22FNO2/c1-10(2)14(8-16(20)18-12(4)9-19)13-5-6-15(17)11(3)7-13/h5-8,10,12,19H,9H2,1-4H3,(H,18,20)/b14-8+. The average Bonchev–Trinajstić information content (AvgIpc) is 2.38. The van der Waals surface area contributed by atoms with Crippen LogP contribution in [0.25, 0.3) is 5.57 Å². The number of aliphatic hydroxyl groups is 1. The van der Waals surface area contributed by atoms with E-state index in [9.17, 15) is 9.18 Å². The molecule has 1 aromatic rings. The van der Waals surface area contributed by atoms with Gasteiger partial charge in [-0.3, -0.25) is 4.79 Å². The van der Waals surface area contributed by atoms with Crippen LogP contribution in [0.2, 0.25) is 0 Å². The van der Waals surface area contributed by atoms with Crippen molar-refractivity contribution >= 4 is 11.5 Å². The maximum Gasteiger partial charge on any atom is 0.244 e. The smallest absolute Gasteiger partial charge is 0.244 e. The Bertz CT molecular complexity index is 509. The highest BCUT2D eigenvalue weighted by Crippen LogP contribution is 2.24. The minimum absolute atomic E-state index is 0.105. The fraction of sp³-hybridized carbons (Fsp3) is 0.438. The van der Waals surface area contributed by atoms with Gasteiger partial charge in [-0.1, -0.05) is 19.9 Å². The monoisotopic (exact) mass is 279 g/mol. The van der Waals surface area contributed by atoms with E-state index in [0.29, 0.717) is 5.56 Å². The van der Waals surface area contributed by atoms with Crippen molar-refractivity contribution < 1.29 is 14.3 Å². The molecule has 1 aromatic carbocycles. The molecule has 0 saturated heterocycles. The van der Waals surface area contributed by atoms with Gasteiger partial charge in [0.25, 0.3) is 0 Å². The average molecular weight is 279 g/mol. The van der Waals surface area contributed by atoms with Gasteiger partial charge in [0.05, 0.1) is 6.61 Å². The number of hydrogen-bond acceptors (Lipinski definition) is 2. The first-order valence-corrected chi connectivity index (χ1v) is 6.74. The number of rotatable bonds is 5. The lowest BCUT2D eigenvalue weighted by molar-refractivity contribution is -0.117. The van der Waals surface area contributed by atoms with Gasteiger partial charge in [0.1, 0.15) is 5.82 Å². The number of halogens is 1. The van der Waals surface area contributed by atoms with E-state index in [2.05, 4.69) is 5.32 Å². The van der Waals surface area contributed by atoms with E-state index in [1.54, 1.807) is 26.0 Å². The van der Waals surface area contributed by atoms with E-state index in [1.165, 1.54) is 12.1 Å². The largest absolute Gasteiger partial charge is 0.394 e. The van der Waals surface area contributed by atoms with Crippen LogP contribution in [0.3, 0.4) is 0 Å². The Morgan fingerprint density at radius 3 is 2.55 bits per heavy atom. The van der Waals surface area contributed by atoms with Crippen LogP contribution in [0.4, 0.5) is 4.39 Å². The number of carbonyl (C=O) groups excluding carboxylic acids is 1. The zero-order valence-corrected chi connectivity index (χ0v) is 12.4. The second-order valence-electron chi connectivity index (χ2n) is 5.31. The Morgan fingerprint density at radius 1 is 1.40 bits per heavy atom. The number of amides is 1. The maximum absolute atomic E-state index is 13.3. The quantitative estimate of drug-likeness (QED) is 0.814. The number of carbonyl (C=O) groups is 1. The van der Waals surface area contributed by atoms with Crippen molar-refractivity contribution in [2.45, 2.75) is 33.7 Å². The van der Waals surface area contributed by atoms with Crippen molar-refractivity contribution in [3.63, 3.8) is 0 Å². The molecule has 0 heterocycles. The summed E-state index contributed by atoms with van der Waals surface area (Å²) in [5.41, 5.74) is 2.24. The van der Waals surface area contributed by atoms with Crippen molar-refractivity contribution in [3.8, 4) is 0 Å². The Hall–Kier alpha value is -1.68. The Labute approximate surface area is 119 Å². The summed E-state index contributed by atoms with van der Waals surface area (Å²) >= 11 is 0. The molecule has 110 valence electrons. The first kappa shape index (κ1) is 16.4. The minimum atomic E-state index is -0.290. The van der Waals surface area contributed by atoms with E-state index >= 15 is 0 Å². The van der Waals surface area contributed by atoms with E-state index in [0.717, 1.165) is 11.1 Å². The first-order valence-electron chi connectivity index (χ1n) is 6.74. The molecule has 0 radical (unpaired) electrons. The van der Waals surface area contributed by atoms with Crippen molar-refractivity contribution in [2.75, 3.05) is 6.61 Å². The van der Waals surface area contributed by atoms with Crippen molar-refractivity contribution in [1.82, 2.24) is 5.32 Å².